The van der Waals surface area contributed by atoms with Crippen LogP contribution in [0.3, 0.4) is 0 Å². The molecular weight excluding hydrogens is 304 g/mol. The highest BCUT2D eigenvalue weighted by atomic mass is 32.1. The molecule has 0 aliphatic carbocycles. The molecule has 124 valence electrons. The van der Waals surface area contributed by atoms with Crippen LogP contribution in [0.15, 0.2) is 23.2 Å². The van der Waals surface area contributed by atoms with Gasteiger partial charge >= 0.3 is 0 Å². The number of guanidine groups is 1. The van der Waals surface area contributed by atoms with E-state index in [1.165, 1.54) is 21.6 Å². The molecule has 1 aromatic carbocycles. The molecule has 0 aliphatic heterocycles. The number of benzene rings is 1. The fraction of sp³-hybridized carbons (Fsp3) is 0.444. The van der Waals surface area contributed by atoms with Crippen LogP contribution in [-0.2, 0) is 13.1 Å². The van der Waals surface area contributed by atoms with Crippen molar-refractivity contribution in [2.45, 2.75) is 47.7 Å². The lowest BCUT2D eigenvalue weighted by Crippen LogP contribution is -2.36. The zero-order valence-corrected chi connectivity index (χ0v) is 15.5. The van der Waals surface area contributed by atoms with Crippen molar-refractivity contribution >= 4 is 17.3 Å². The maximum atomic E-state index is 4.69. The zero-order chi connectivity index (χ0) is 16.8. The molecule has 0 unspecified atom stereocenters. The minimum atomic E-state index is 0.678. The van der Waals surface area contributed by atoms with Crippen molar-refractivity contribution in [2.75, 3.05) is 6.54 Å². The summed E-state index contributed by atoms with van der Waals surface area (Å²) in [5, 5.41) is 7.75. The average molecular weight is 331 g/mol. The number of aliphatic imine (C=N–C) groups is 1. The third-order valence-electron chi connectivity index (χ3n) is 3.73. The van der Waals surface area contributed by atoms with Crippen LogP contribution >= 0.6 is 11.3 Å². The summed E-state index contributed by atoms with van der Waals surface area (Å²) < 4.78 is 0. The summed E-state index contributed by atoms with van der Waals surface area (Å²) >= 11 is 1.74. The standard InChI is InChI=1S/C18H26N4S/c1-6-19-18(21-11-17-22-14(4)15(5)23-17)20-10-16-8-7-12(2)9-13(16)3/h7-9H,6,10-11H2,1-5H3,(H2,19,20,21). The van der Waals surface area contributed by atoms with Gasteiger partial charge in [-0.3, -0.25) is 0 Å². The van der Waals surface area contributed by atoms with E-state index >= 15 is 0 Å². The molecule has 1 heterocycles. The minimum Gasteiger partial charge on any atom is -0.357 e. The first-order valence-corrected chi connectivity index (χ1v) is 8.82. The number of nitrogens with zero attached hydrogens (tertiary/aromatic N) is 2. The Labute approximate surface area is 143 Å². The molecule has 5 heteroatoms. The minimum absolute atomic E-state index is 0.678. The van der Waals surface area contributed by atoms with Crippen molar-refractivity contribution in [3.8, 4) is 0 Å². The SMILES string of the molecule is CCNC(=NCc1ccc(C)cc1C)NCc1nc(C)c(C)s1. The maximum absolute atomic E-state index is 4.69. The summed E-state index contributed by atoms with van der Waals surface area (Å²) in [6.07, 6.45) is 0. The third kappa shape index (κ3) is 5.06. The second-order valence-electron chi connectivity index (χ2n) is 5.73. The van der Waals surface area contributed by atoms with Crippen LogP contribution in [0.2, 0.25) is 0 Å². The van der Waals surface area contributed by atoms with Crippen molar-refractivity contribution in [2.24, 2.45) is 4.99 Å². The first-order valence-electron chi connectivity index (χ1n) is 8.00. The van der Waals surface area contributed by atoms with Crippen LogP contribution in [0.4, 0.5) is 0 Å². The maximum Gasteiger partial charge on any atom is 0.191 e. The predicted octanol–water partition coefficient (Wildman–Crippen LogP) is 3.63. The summed E-state index contributed by atoms with van der Waals surface area (Å²) in [4.78, 5) is 10.5. The summed E-state index contributed by atoms with van der Waals surface area (Å²) in [7, 11) is 0. The van der Waals surface area contributed by atoms with Crippen molar-refractivity contribution in [1.29, 1.82) is 0 Å². The topological polar surface area (TPSA) is 49.3 Å². The molecule has 0 fully saturated rings. The van der Waals surface area contributed by atoms with Gasteiger partial charge in [-0.05, 0) is 45.7 Å². The third-order valence-corrected chi connectivity index (χ3v) is 4.80. The molecule has 0 radical (unpaired) electrons. The molecule has 4 nitrogen and oxygen atoms in total. The summed E-state index contributed by atoms with van der Waals surface area (Å²) in [5.74, 6) is 0.831. The predicted molar refractivity (Wildman–Crippen MR) is 99.2 cm³/mol. The van der Waals surface area contributed by atoms with E-state index < -0.39 is 0 Å². The zero-order valence-electron chi connectivity index (χ0n) is 14.7. The summed E-state index contributed by atoms with van der Waals surface area (Å²) in [6.45, 7) is 12.7. The highest BCUT2D eigenvalue weighted by Gasteiger charge is 2.05. The van der Waals surface area contributed by atoms with Gasteiger partial charge in [0.05, 0.1) is 18.8 Å². The molecule has 0 spiro atoms. The van der Waals surface area contributed by atoms with E-state index in [2.05, 4.69) is 73.4 Å². The molecule has 0 aliphatic rings. The Bertz CT molecular complexity index is 669. The normalized spacial score (nSPS) is 11.6. The van der Waals surface area contributed by atoms with Crippen molar-refractivity contribution < 1.29 is 0 Å². The van der Waals surface area contributed by atoms with Gasteiger partial charge in [0.1, 0.15) is 5.01 Å². The molecular formula is C18H26N4S. The Morgan fingerprint density at radius 3 is 2.57 bits per heavy atom. The second-order valence-corrected chi connectivity index (χ2v) is 7.02. The molecule has 2 N–H and O–H groups in total. The Kier molecular flexibility index (Phi) is 6.16. The van der Waals surface area contributed by atoms with Gasteiger partial charge in [0.2, 0.25) is 0 Å². The van der Waals surface area contributed by atoms with E-state index in [0.29, 0.717) is 13.1 Å². The largest absolute Gasteiger partial charge is 0.357 e. The smallest absolute Gasteiger partial charge is 0.191 e. The average Bonchev–Trinajstić information content (AvgIpc) is 2.82. The fourth-order valence-corrected chi connectivity index (χ4v) is 3.18. The number of nitrogens with one attached hydrogen (secondary N) is 2. The van der Waals surface area contributed by atoms with Crippen molar-refractivity contribution in [3.05, 3.63) is 50.5 Å². The van der Waals surface area contributed by atoms with Crippen LogP contribution in [-0.4, -0.2) is 17.5 Å². The fourth-order valence-electron chi connectivity index (χ4n) is 2.30. The lowest BCUT2D eigenvalue weighted by molar-refractivity contribution is 0.809. The molecule has 0 amide bonds. The van der Waals surface area contributed by atoms with E-state index in [9.17, 15) is 0 Å². The van der Waals surface area contributed by atoms with Crippen LogP contribution in [0.5, 0.6) is 0 Å². The van der Waals surface area contributed by atoms with Crippen LogP contribution in [0, 0.1) is 27.7 Å². The van der Waals surface area contributed by atoms with Crippen molar-refractivity contribution in [3.63, 3.8) is 0 Å². The number of hydrogen-bond acceptors (Lipinski definition) is 3. The van der Waals surface area contributed by atoms with E-state index in [0.717, 1.165) is 23.2 Å². The highest BCUT2D eigenvalue weighted by molar-refractivity contribution is 7.11. The van der Waals surface area contributed by atoms with Gasteiger partial charge in [0, 0.05) is 11.4 Å². The van der Waals surface area contributed by atoms with Gasteiger partial charge in [-0.25, -0.2) is 9.98 Å². The molecule has 1 aromatic heterocycles. The van der Waals surface area contributed by atoms with Gasteiger partial charge in [-0.1, -0.05) is 23.8 Å². The van der Waals surface area contributed by atoms with Gasteiger partial charge in [-0.2, -0.15) is 0 Å². The molecule has 0 bridgehead atoms. The van der Waals surface area contributed by atoms with Crippen LogP contribution in [0.1, 0.15) is 39.2 Å². The van der Waals surface area contributed by atoms with Crippen LogP contribution in [0.25, 0.3) is 0 Å². The molecule has 0 atom stereocenters. The first-order chi connectivity index (χ1) is 11.0. The van der Waals surface area contributed by atoms with E-state index in [1.807, 2.05) is 0 Å². The van der Waals surface area contributed by atoms with E-state index in [4.69, 9.17) is 0 Å². The molecule has 0 saturated carbocycles. The molecule has 2 aromatic rings. The second kappa shape index (κ2) is 8.11. The Morgan fingerprint density at radius 2 is 1.96 bits per heavy atom. The lowest BCUT2D eigenvalue weighted by Gasteiger charge is -2.11. The quantitative estimate of drug-likeness (QED) is 0.650. The van der Waals surface area contributed by atoms with E-state index in [1.54, 1.807) is 11.3 Å². The molecule has 23 heavy (non-hydrogen) atoms. The Hall–Kier alpha value is -1.88. The van der Waals surface area contributed by atoms with Crippen molar-refractivity contribution in [1.82, 2.24) is 15.6 Å². The number of aromatic nitrogens is 1. The van der Waals surface area contributed by atoms with Gasteiger partial charge < -0.3 is 10.6 Å². The molecule has 0 saturated heterocycles. The van der Waals surface area contributed by atoms with E-state index in [-0.39, 0.29) is 0 Å². The Morgan fingerprint density at radius 1 is 1.17 bits per heavy atom. The number of hydrogen-bond donors (Lipinski definition) is 2. The van der Waals surface area contributed by atoms with Gasteiger partial charge in [0.25, 0.3) is 0 Å². The molecule has 2 rings (SSSR count). The number of aryl methyl sites for hydroxylation is 4. The summed E-state index contributed by atoms with van der Waals surface area (Å²) in [5.41, 5.74) is 4.95. The van der Waals surface area contributed by atoms with Gasteiger partial charge in [-0.15, -0.1) is 11.3 Å². The number of rotatable bonds is 5. The monoisotopic (exact) mass is 330 g/mol. The Balaban J connectivity index is 2.01. The lowest BCUT2D eigenvalue weighted by atomic mass is 10.1. The summed E-state index contributed by atoms with van der Waals surface area (Å²) in [6, 6.07) is 6.50. The first kappa shape index (κ1) is 17.5. The highest BCUT2D eigenvalue weighted by Crippen LogP contribution is 2.16. The van der Waals surface area contributed by atoms with Gasteiger partial charge in [0.15, 0.2) is 5.96 Å². The van der Waals surface area contributed by atoms with Crippen LogP contribution < -0.4 is 10.6 Å². The number of thiazole rings is 1.